The molecule has 1 amide bonds. The fourth-order valence-electron chi connectivity index (χ4n) is 3.79. The molecule has 0 spiro atoms. The largest absolute Gasteiger partial charge is 0.383 e. The number of amides is 1. The number of methoxy groups -OCH3 is 1. The molecule has 2 aromatic carbocycles. The van der Waals surface area contributed by atoms with Crippen molar-refractivity contribution in [2.45, 2.75) is 19.9 Å². The van der Waals surface area contributed by atoms with Gasteiger partial charge in [0.25, 0.3) is 5.91 Å². The number of aryl methyl sites for hydroxylation is 1. The van der Waals surface area contributed by atoms with Crippen LogP contribution in [0.5, 0.6) is 0 Å². The SMILES string of the molecule is CCc1cccc2c(/C=C3\SC(=S)N(CCOC)C3=O)cn(Cc3ccc(F)cc3)c12. The first-order chi connectivity index (χ1) is 15.0. The molecular formula is C24H23FN2O2S2. The summed E-state index contributed by atoms with van der Waals surface area (Å²) in [5.74, 6) is -0.329. The van der Waals surface area contributed by atoms with E-state index in [4.69, 9.17) is 17.0 Å². The summed E-state index contributed by atoms with van der Waals surface area (Å²) in [6.07, 6.45) is 4.88. The summed E-state index contributed by atoms with van der Waals surface area (Å²) in [5.41, 5.74) is 4.35. The Kier molecular flexibility index (Phi) is 6.55. The number of thioether (sulfide) groups is 1. The zero-order valence-electron chi connectivity index (χ0n) is 17.4. The Bertz CT molecular complexity index is 1170. The number of carbonyl (C=O) groups is 1. The lowest BCUT2D eigenvalue weighted by atomic mass is 10.1. The summed E-state index contributed by atoms with van der Waals surface area (Å²) < 4.78 is 21.2. The summed E-state index contributed by atoms with van der Waals surface area (Å²) >= 11 is 6.72. The van der Waals surface area contributed by atoms with E-state index in [0.717, 1.165) is 28.5 Å². The van der Waals surface area contributed by atoms with Gasteiger partial charge < -0.3 is 9.30 Å². The molecule has 0 N–H and O–H groups in total. The molecule has 0 atom stereocenters. The molecule has 0 bridgehead atoms. The molecule has 2 heterocycles. The highest BCUT2D eigenvalue weighted by Gasteiger charge is 2.31. The number of fused-ring (bicyclic) bond motifs is 1. The number of para-hydroxylation sites is 1. The minimum atomic E-state index is -0.244. The number of thiocarbonyl (C=S) groups is 1. The van der Waals surface area contributed by atoms with Gasteiger partial charge in [-0.05, 0) is 35.8 Å². The van der Waals surface area contributed by atoms with Crippen molar-refractivity contribution in [3.05, 3.63) is 76.1 Å². The second kappa shape index (κ2) is 9.34. The number of benzene rings is 2. The third-order valence-corrected chi connectivity index (χ3v) is 6.72. The Balaban J connectivity index is 1.75. The van der Waals surface area contributed by atoms with Crippen molar-refractivity contribution < 1.29 is 13.9 Å². The third-order valence-electron chi connectivity index (χ3n) is 5.34. The van der Waals surface area contributed by atoms with Crippen LogP contribution in [0.1, 0.15) is 23.6 Å². The molecule has 4 rings (SSSR count). The first kappa shape index (κ1) is 21.7. The van der Waals surface area contributed by atoms with E-state index in [2.05, 4.69) is 29.8 Å². The van der Waals surface area contributed by atoms with Crippen LogP contribution >= 0.6 is 24.0 Å². The van der Waals surface area contributed by atoms with Gasteiger partial charge in [-0.2, -0.15) is 0 Å². The molecule has 1 saturated heterocycles. The molecule has 0 unspecified atom stereocenters. The molecule has 4 nitrogen and oxygen atoms in total. The number of hydrogen-bond donors (Lipinski definition) is 0. The first-order valence-electron chi connectivity index (χ1n) is 10.1. The summed E-state index contributed by atoms with van der Waals surface area (Å²) in [6, 6.07) is 12.8. The second-order valence-electron chi connectivity index (χ2n) is 7.33. The first-order valence-corrected chi connectivity index (χ1v) is 11.3. The summed E-state index contributed by atoms with van der Waals surface area (Å²) in [6.45, 7) is 3.64. The Morgan fingerprint density at radius 3 is 2.68 bits per heavy atom. The minimum absolute atomic E-state index is 0.0851. The Morgan fingerprint density at radius 2 is 1.97 bits per heavy atom. The van der Waals surface area contributed by atoms with Gasteiger partial charge in [-0.15, -0.1) is 0 Å². The summed E-state index contributed by atoms with van der Waals surface area (Å²) in [5, 5.41) is 1.09. The van der Waals surface area contributed by atoms with Crippen LogP contribution in [-0.4, -0.2) is 40.0 Å². The van der Waals surface area contributed by atoms with Crippen molar-refractivity contribution in [1.29, 1.82) is 0 Å². The lowest BCUT2D eigenvalue weighted by molar-refractivity contribution is -0.122. The third kappa shape index (κ3) is 4.44. The van der Waals surface area contributed by atoms with Crippen molar-refractivity contribution in [1.82, 2.24) is 9.47 Å². The average molecular weight is 455 g/mol. The van der Waals surface area contributed by atoms with E-state index in [1.165, 1.54) is 29.5 Å². The molecule has 1 aliphatic heterocycles. The molecule has 31 heavy (non-hydrogen) atoms. The van der Waals surface area contributed by atoms with Gasteiger partial charge in [-0.25, -0.2) is 4.39 Å². The Hall–Kier alpha value is -2.48. The lowest BCUT2D eigenvalue weighted by Crippen LogP contribution is -2.31. The highest BCUT2D eigenvalue weighted by molar-refractivity contribution is 8.26. The van der Waals surface area contributed by atoms with Gasteiger partial charge in [0.2, 0.25) is 0 Å². The highest BCUT2D eigenvalue weighted by Crippen LogP contribution is 2.35. The number of aromatic nitrogens is 1. The maximum Gasteiger partial charge on any atom is 0.266 e. The van der Waals surface area contributed by atoms with E-state index in [-0.39, 0.29) is 11.7 Å². The van der Waals surface area contributed by atoms with Crippen LogP contribution in [-0.2, 0) is 22.5 Å². The maximum absolute atomic E-state index is 13.3. The molecule has 1 aliphatic rings. The van der Waals surface area contributed by atoms with Crippen LogP contribution in [0.4, 0.5) is 4.39 Å². The van der Waals surface area contributed by atoms with Gasteiger partial charge in [0.1, 0.15) is 10.1 Å². The van der Waals surface area contributed by atoms with E-state index in [9.17, 15) is 9.18 Å². The summed E-state index contributed by atoms with van der Waals surface area (Å²) in [7, 11) is 1.61. The predicted molar refractivity (Wildman–Crippen MR) is 129 cm³/mol. The smallest absolute Gasteiger partial charge is 0.266 e. The topological polar surface area (TPSA) is 34.5 Å². The molecule has 0 radical (unpaired) electrons. The molecule has 7 heteroatoms. The molecular weight excluding hydrogens is 431 g/mol. The molecule has 1 aromatic heterocycles. The number of carbonyl (C=O) groups excluding carboxylic acids is 1. The normalized spacial score (nSPS) is 15.6. The van der Waals surface area contributed by atoms with E-state index in [0.29, 0.717) is 28.9 Å². The van der Waals surface area contributed by atoms with E-state index >= 15 is 0 Å². The van der Waals surface area contributed by atoms with Gasteiger partial charge in [-0.1, -0.05) is 61.2 Å². The number of rotatable bonds is 7. The van der Waals surface area contributed by atoms with Crippen molar-refractivity contribution in [3.63, 3.8) is 0 Å². The van der Waals surface area contributed by atoms with Gasteiger partial charge >= 0.3 is 0 Å². The molecule has 160 valence electrons. The standard InChI is InChI=1S/C24H23FN2O2S2/c1-3-17-5-4-6-20-18(13-21-23(28)27(11-12-29-2)24(30)31-21)15-26(22(17)20)14-16-7-9-19(25)10-8-16/h4-10,13,15H,3,11-12,14H2,1-2H3/b21-13-. The predicted octanol–water partition coefficient (Wildman–Crippen LogP) is 5.24. The van der Waals surface area contributed by atoms with E-state index < -0.39 is 0 Å². The molecule has 0 aliphatic carbocycles. The number of halogens is 1. The fraction of sp³-hybridized carbons (Fsp3) is 0.250. The van der Waals surface area contributed by atoms with Gasteiger partial charge in [-0.3, -0.25) is 9.69 Å². The van der Waals surface area contributed by atoms with Crippen molar-refractivity contribution in [3.8, 4) is 0 Å². The zero-order valence-corrected chi connectivity index (χ0v) is 19.1. The van der Waals surface area contributed by atoms with Crippen LogP contribution in [0.3, 0.4) is 0 Å². The lowest BCUT2D eigenvalue weighted by Gasteiger charge is -2.12. The van der Waals surface area contributed by atoms with Crippen molar-refractivity contribution >= 4 is 51.2 Å². The van der Waals surface area contributed by atoms with Crippen LogP contribution in [0.2, 0.25) is 0 Å². The van der Waals surface area contributed by atoms with E-state index in [1.807, 2.05) is 12.1 Å². The quantitative estimate of drug-likeness (QED) is 0.361. The molecule has 3 aromatic rings. The monoisotopic (exact) mass is 454 g/mol. The second-order valence-corrected chi connectivity index (χ2v) is 9.01. The number of nitrogens with zero attached hydrogens (tertiary/aromatic N) is 2. The highest BCUT2D eigenvalue weighted by atomic mass is 32.2. The molecule has 1 fully saturated rings. The summed E-state index contributed by atoms with van der Waals surface area (Å²) in [4.78, 5) is 15.1. The average Bonchev–Trinajstić information content (AvgIpc) is 3.25. The Labute approximate surface area is 190 Å². The van der Waals surface area contributed by atoms with Crippen LogP contribution in [0.15, 0.2) is 53.6 Å². The van der Waals surface area contributed by atoms with Gasteiger partial charge in [0, 0.05) is 30.8 Å². The van der Waals surface area contributed by atoms with Crippen LogP contribution in [0.25, 0.3) is 17.0 Å². The number of ether oxygens (including phenoxy) is 1. The fourth-order valence-corrected chi connectivity index (χ4v) is 5.09. The van der Waals surface area contributed by atoms with Crippen molar-refractivity contribution in [2.75, 3.05) is 20.3 Å². The molecule has 0 saturated carbocycles. The Morgan fingerprint density at radius 1 is 1.19 bits per heavy atom. The van der Waals surface area contributed by atoms with Crippen LogP contribution < -0.4 is 0 Å². The minimum Gasteiger partial charge on any atom is -0.383 e. The maximum atomic E-state index is 13.3. The van der Waals surface area contributed by atoms with Gasteiger partial charge in [0.05, 0.1) is 23.6 Å². The van der Waals surface area contributed by atoms with Gasteiger partial charge in [0.15, 0.2) is 0 Å². The zero-order chi connectivity index (χ0) is 22.0. The van der Waals surface area contributed by atoms with Crippen molar-refractivity contribution in [2.24, 2.45) is 0 Å². The van der Waals surface area contributed by atoms with E-state index in [1.54, 1.807) is 24.1 Å². The number of hydrogen-bond acceptors (Lipinski definition) is 4. The van der Waals surface area contributed by atoms with Crippen LogP contribution in [0, 0.1) is 5.82 Å².